The van der Waals surface area contributed by atoms with E-state index in [1.54, 1.807) is 0 Å². The zero-order valence-corrected chi connectivity index (χ0v) is 9.01. The minimum absolute atomic E-state index is 0.295. The van der Waals surface area contributed by atoms with Gasteiger partial charge >= 0.3 is 12.0 Å². The molecule has 0 unspecified atom stereocenters. The molecule has 7 heteroatoms. The van der Waals surface area contributed by atoms with Crippen LogP contribution in [0.3, 0.4) is 0 Å². The molecular weight excluding hydrogens is 243 g/mol. The van der Waals surface area contributed by atoms with Crippen molar-refractivity contribution in [3.05, 3.63) is 42.2 Å². The molecule has 3 amide bonds. The summed E-state index contributed by atoms with van der Waals surface area (Å²) < 4.78 is 12.6. The van der Waals surface area contributed by atoms with E-state index in [9.17, 15) is 18.8 Å². The van der Waals surface area contributed by atoms with E-state index in [0.717, 1.165) is 12.1 Å². The summed E-state index contributed by atoms with van der Waals surface area (Å²) in [6.45, 7) is 0. The number of carbonyl (C=O) groups excluding carboxylic acids is 2. The fourth-order valence-corrected chi connectivity index (χ4v) is 0.996. The molecule has 18 heavy (non-hydrogen) atoms. The first kappa shape index (κ1) is 13.4. The summed E-state index contributed by atoms with van der Waals surface area (Å²) in [6, 6.07) is 4.06. The van der Waals surface area contributed by atoms with E-state index in [4.69, 9.17) is 5.11 Å². The Hall–Kier alpha value is -2.70. The molecule has 0 saturated carbocycles. The molecule has 0 fully saturated rings. The number of anilines is 1. The van der Waals surface area contributed by atoms with E-state index in [1.165, 1.54) is 12.1 Å². The fraction of sp³-hybridized carbons (Fsp3) is 0. The minimum Gasteiger partial charge on any atom is -0.478 e. The van der Waals surface area contributed by atoms with Crippen LogP contribution in [-0.4, -0.2) is 23.0 Å². The summed E-state index contributed by atoms with van der Waals surface area (Å²) in [5.41, 5.74) is 0.295. The Labute approximate surface area is 101 Å². The molecule has 0 atom stereocenters. The van der Waals surface area contributed by atoms with Crippen molar-refractivity contribution < 1.29 is 23.9 Å². The number of nitrogens with one attached hydrogen (secondary N) is 2. The number of urea groups is 1. The molecule has 0 radical (unpaired) electrons. The Morgan fingerprint density at radius 2 is 1.72 bits per heavy atom. The number of carbonyl (C=O) groups is 3. The summed E-state index contributed by atoms with van der Waals surface area (Å²) in [5.74, 6) is -2.64. The molecule has 0 spiro atoms. The van der Waals surface area contributed by atoms with Crippen molar-refractivity contribution in [3.63, 3.8) is 0 Å². The topological polar surface area (TPSA) is 95.5 Å². The van der Waals surface area contributed by atoms with Crippen LogP contribution in [0.15, 0.2) is 36.4 Å². The molecule has 0 heterocycles. The van der Waals surface area contributed by atoms with Crippen LogP contribution < -0.4 is 10.6 Å². The lowest BCUT2D eigenvalue weighted by Crippen LogP contribution is -2.33. The van der Waals surface area contributed by atoms with Crippen molar-refractivity contribution in [3.8, 4) is 0 Å². The third kappa shape index (κ3) is 4.88. The van der Waals surface area contributed by atoms with Gasteiger partial charge in [-0.2, -0.15) is 0 Å². The number of carboxylic acids is 1. The molecule has 1 aromatic rings. The van der Waals surface area contributed by atoms with Gasteiger partial charge in [0.1, 0.15) is 5.82 Å². The number of halogens is 1. The summed E-state index contributed by atoms with van der Waals surface area (Å²) >= 11 is 0. The highest BCUT2D eigenvalue weighted by molar-refractivity contribution is 6.06. The predicted molar refractivity (Wildman–Crippen MR) is 60.3 cm³/mol. The standard InChI is InChI=1S/C11H9FN2O4/c12-7-1-3-8(4-2-7)13-11(18)14-9(15)5-6-10(16)17/h1-6H,(H,16,17)(H2,13,14,15,18)/b6-5+. The zero-order chi connectivity index (χ0) is 13.5. The molecule has 0 aliphatic heterocycles. The maximum absolute atomic E-state index is 12.6. The van der Waals surface area contributed by atoms with Gasteiger partial charge in [-0.15, -0.1) is 0 Å². The van der Waals surface area contributed by atoms with Crippen molar-refractivity contribution in [1.29, 1.82) is 0 Å². The van der Waals surface area contributed by atoms with Crippen LogP contribution in [-0.2, 0) is 9.59 Å². The first-order chi connectivity index (χ1) is 8.47. The third-order valence-corrected chi connectivity index (χ3v) is 1.72. The van der Waals surface area contributed by atoms with Crippen molar-refractivity contribution in [1.82, 2.24) is 5.32 Å². The van der Waals surface area contributed by atoms with Crippen LogP contribution >= 0.6 is 0 Å². The summed E-state index contributed by atoms with van der Waals surface area (Å²) in [5, 5.41) is 12.4. The van der Waals surface area contributed by atoms with Gasteiger partial charge in [0.05, 0.1) is 0 Å². The summed E-state index contributed by atoms with van der Waals surface area (Å²) in [7, 11) is 0. The molecule has 1 aromatic carbocycles. The molecule has 0 aliphatic rings. The molecule has 0 bridgehead atoms. The molecule has 6 nitrogen and oxygen atoms in total. The van der Waals surface area contributed by atoms with E-state index >= 15 is 0 Å². The van der Waals surface area contributed by atoms with Crippen LogP contribution in [0, 0.1) is 5.82 Å². The van der Waals surface area contributed by atoms with Crippen molar-refractivity contribution >= 4 is 23.6 Å². The Kier molecular flexibility index (Phi) is 4.56. The Bertz CT molecular complexity index is 496. The Morgan fingerprint density at radius 3 is 2.28 bits per heavy atom. The van der Waals surface area contributed by atoms with Crippen LogP contribution in [0.25, 0.3) is 0 Å². The number of imide groups is 1. The second kappa shape index (κ2) is 6.14. The minimum atomic E-state index is -1.30. The second-order valence-electron chi connectivity index (χ2n) is 3.12. The highest BCUT2D eigenvalue weighted by atomic mass is 19.1. The lowest BCUT2D eigenvalue weighted by Gasteiger charge is -2.04. The molecule has 3 N–H and O–H groups in total. The van der Waals surface area contributed by atoms with Crippen LogP contribution in [0.4, 0.5) is 14.9 Å². The van der Waals surface area contributed by atoms with E-state index in [-0.39, 0.29) is 0 Å². The number of benzene rings is 1. The normalized spacial score (nSPS) is 10.1. The van der Waals surface area contributed by atoms with Gasteiger partial charge in [-0.05, 0) is 24.3 Å². The molecular formula is C11H9FN2O4. The SMILES string of the molecule is O=C(O)/C=C/C(=O)NC(=O)Nc1ccc(F)cc1. The van der Waals surface area contributed by atoms with Crippen LogP contribution in [0.5, 0.6) is 0 Å². The smallest absolute Gasteiger partial charge is 0.328 e. The highest BCUT2D eigenvalue weighted by Gasteiger charge is 2.05. The monoisotopic (exact) mass is 252 g/mol. The number of hydrogen-bond donors (Lipinski definition) is 3. The number of amides is 3. The number of hydrogen-bond acceptors (Lipinski definition) is 3. The van der Waals surface area contributed by atoms with Gasteiger partial charge in [0, 0.05) is 17.8 Å². The highest BCUT2D eigenvalue weighted by Crippen LogP contribution is 2.07. The maximum Gasteiger partial charge on any atom is 0.328 e. The second-order valence-corrected chi connectivity index (χ2v) is 3.12. The van der Waals surface area contributed by atoms with E-state index in [1.807, 2.05) is 5.32 Å². The van der Waals surface area contributed by atoms with E-state index in [2.05, 4.69) is 5.32 Å². The molecule has 1 rings (SSSR count). The van der Waals surface area contributed by atoms with Crippen LogP contribution in [0.1, 0.15) is 0 Å². The average Bonchev–Trinajstić information content (AvgIpc) is 2.29. The van der Waals surface area contributed by atoms with E-state index < -0.39 is 23.7 Å². The van der Waals surface area contributed by atoms with Crippen molar-refractivity contribution in [2.75, 3.05) is 5.32 Å². The third-order valence-electron chi connectivity index (χ3n) is 1.72. The zero-order valence-electron chi connectivity index (χ0n) is 9.01. The van der Waals surface area contributed by atoms with Crippen LogP contribution in [0.2, 0.25) is 0 Å². The van der Waals surface area contributed by atoms with Gasteiger partial charge in [0.15, 0.2) is 0 Å². The fourth-order valence-electron chi connectivity index (χ4n) is 0.996. The van der Waals surface area contributed by atoms with Gasteiger partial charge in [0.2, 0.25) is 0 Å². The number of aliphatic carboxylic acids is 1. The Balaban J connectivity index is 2.49. The summed E-state index contributed by atoms with van der Waals surface area (Å²) in [4.78, 5) is 32.4. The lowest BCUT2D eigenvalue weighted by molar-refractivity contribution is -0.131. The van der Waals surface area contributed by atoms with Crippen molar-refractivity contribution in [2.24, 2.45) is 0 Å². The first-order valence-corrected chi connectivity index (χ1v) is 4.76. The number of rotatable bonds is 3. The molecule has 0 saturated heterocycles. The average molecular weight is 252 g/mol. The number of carboxylic acid groups (broad SMARTS) is 1. The first-order valence-electron chi connectivity index (χ1n) is 4.76. The lowest BCUT2D eigenvalue weighted by atomic mass is 10.3. The maximum atomic E-state index is 12.6. The van der Waals surface area contributed by atoms with Gasteiger partial charge in [-0.1, -0.05) is 0 Å². The van der Waals surface area contributed by atoms with E-state index in [0.29, 0.717) is 17.8 Å². The van der Waals surface area contributed by atoms with Crippen molar-refractivity contribution in [2.45, 2.75) is 0 Å². The Morgan fingerprint density at radius 1 is 1.11 bits per heavy atom. The largest absolute Gasteiger partial charge is 0.478 e. The quantitative estimate of drug-likeness (QED) is 0.702. The van der Waals surface area contributed by atoms with Gasteiger partial charge in [0.25, 0.3) is 5.91 Å². The van der Waals surface area contributed by atoms with Gasteiger partial charge < -0.3 is 10.4 Å². The van der Waals surface area contributed by atoms with Gasteiger partial charge in [-0.25, -0.2) is 14.0 Å². The summed E-state index contributed by atoms with van der Waals surface area (Å²) in [6.07, 6.45) is 1.30. The van der Waals surface area contributed by atoms with Gasteiger partial charge in [-0.3, -0.25) is 10.1 Å². The molecule has 0 aliphatic carbocycles. The molecule has 94 valence electrons. The molecule has 0 aromatic heterocycles. The predicted octanol–water partition coefficient (Wildman–Crippen LogP) is 1.11.